The zero-order valence-corrected chi connectivity index (χ0v) is 35.1. The number of nitrogens with zero attached hydrogens (tertiary/aromatic N) is 3. The van der Waals surface area contributed by atoms with E-state index in [9.17, 15) is 19.2 Å². The van der Waals surface area contributed by atoms with E-state index in [0.717, 1.165) is 82.6 Å². The van der Waals surface area contributed by atoms with Crippen LogP contribution in [0.2, 0.25) is 0 Å². The molecule has 2 aliphatic carbocycles. The quantitative estimate of drug-likeness (QED) is 0.169. The lowest BCUT2D eigenvalue weighted by Crippen LogP contribution is -2.39. The first kappa shape index (κ1) is 48.3. The summed E-state index contributed by atoms with van der Waals surface area (Å²) in [5.74, 6) is 0.705. The van der Waals surface area contributed by atoms with Crippen molar-refractivity contribution in [3.8, 4) is 0 Å². The predicted molar refractivity (Wildman–Crippen MR) is 237 cm³/mol. The molecule has 6 rings (SSSR count). The largest absolute Gasteiger partial charge is 0.481 e. The highest BCUT2D eigenvalue weighted by Gasteiger charge is 2.25. The molecule has 4 N–H and O–H groups in total. The number of aliphatic carboxylic acids is 1. The van der Waals surface area contributed by atoms with Gasteiger partial charge in [-0.2, -0.15) is 0 Å². The highest BCUT2D eigenvalue weighted by molar-refractivity contribution is 5.90. The van der Waals surface area contributed by atoms with E-state index < -0.39 is 5.97 Å². The Morgan fingerprint density at radius 3 is 1.53 bits per heavy atom. The van der Waals surface area contributed by atoms with Crippen LogP contribution in [0.5, 0.6) is 0 Å². The van der Waals surface area contributed by atoms with Crippen LogP contribution in [0, 0.1) is 11.8 Å². The third-order valence-corrected chi connectivity index (χ3v) is 11.7. The molecule has 0 aromatic heterocycles. The van der Waals surface area contributed by atoms with Crippen LogP contribution in [0.3, 0.4) is 0 Å². The molecule has 0 spiro atoms. The van der Waals surface area contributed by atoms with Gasteiger partial charge in [-0.1, -0.05) is 84.1 Å². The van der Waals surface area contributed by atoms with Gasteiger partial charge in [-0.3, -0.25) is 9.59 Å². The number of hydrogen-bond donors (Lipinski definition) is 4. The molecule has 58 heavy (non-hydrogen) atoms. The number of carboxylic acids is 1. The number of aryl methyl sites for hydroxylation is 2. The summed E-state index contributed by atoms with van der Waals surface area (Å²) in [6.07, 6.45) is 19.6. The Bertz CT molecular complexity index is 1470. The summed E-state index contributed by atoms with van der Waals surface area (Å²) in [7, 11) is 0. The van der Waals surface area contributed by atoms with E-state index in [-0.39, 0.29) is 25.4 Å². The number of benzene rings is 2. The van der Waals surface area contributed by atoms with Crippen LogP contribution >= 0.6 is 0 Å². The Morgan fingerprint density at radius 2 is 1.03 bits per heavy atom. The first-order valence-corrected chi connectivity index (χ1v) is 22.2. The lowest BCUT2D eigenvalue weighted by molar-refractivity contribution is -0.138. The second kappa shape index (κ2) is 27.5. The Morgan fingerprint density at radius 1 is 0.586 bits per heavy atom. The Kier molecular flexibility index (Phi) is 22.9. The Balaban J connectivity index is 0.000000260. The van der Waals surface area contributed by atoms with E-state index in [4.69, 9.17) is 5.11 Å². The highest BCUT2D eigenvalue weighted by Crippen LogP contribution is 2.29. The van der Waals surface area contributed by atoms with Crippen LogP contribution in [-0.2, 0) is 22.4 Å². The van der Waals surface area contributed by atoms with Gasteiger partial charge in [0.15, 0.2) is 0 Å². The molecule has 2 aromatic rings. The smallest absolute Gasteiger partial charge is 0.321 e. The van der Waals surface area contributed by atoms with Crippen molar-refractivity contribution in [3.63, 3.8) is 0 Å². The van der Waals surface area contributed by atoms with Gasteiger partial charge in [-0.15, -0.1) is 0 Å². The number of anilines is 2. The van der Waals surface area contributed by atoms with Crippen molar-refractivity contribution in [1.82, 2.24) is 20.0 Å². The minimum atomic E-state index is -0.637. The molecular weight excluding hydrogens is 729 g/mol. The summed E-state index contributed by atoms with van der Waals surface area (Å²) in [4.78, 5) is 53.2. The van der Waals surface area contributed by atoms with Crippen LogP contribution in [0.4, 0.5) is 21.0 Å². The van der Waals surface area contributed by atoms with Crippen LogP contribution in [-0.4, -0.2) is 96.1 Å². The maximum absolute atomic E-state index is 12.6. The van der Waals surface area contributed by atoms with Gasteiger partial charge in [0.25, 0.3) is 0 Å². The summed E-state index contributed by atoms with van der Waals surface area (Å²) >= 11 is 0. The number of carbonyl (C=O) groups is 4. The second-order valence-electron chi connectivity index (χ2n) is 16.4. The maximum Gasteiger partial charge on any atom is 0.321 e. The fourth-order valence-electron chi connectivity index (χ4n) is 8.15. The summed E-state index contributed by atoms with van der Waals surface area (Å²) in [6, 6.07) is 16.3. The SMILES string of the molecule is C.CCCCc1ccc(NC(=O)N2CCCN(C(=O)CC3CCCC3)CC2)cc1.CCCCc1ccc(NC(=O)N2CCCNCC2)cc1.O=C(O)CC1CCCC1. The molecule has 0 bridgehead atoms. The van der Waals surface area contributed by atoms with E-state index in [0.29, 0.717) is 44.3 Å². The molecule has 2 aromatic carbocycles. The highest BCUT2D eigenvalue weighted by atomic mass is 16.4. The third kappa shape index (κ3) is 18.2. The number of hydrogen-bond acceptors (Lipinski definition) is 5. The average Bonchev–Trinajstić information content (AvgIpc) is 3.77. The molecule has 2 saturated carbocycles. The van der Waals surface area contributed by atoms with Gasteiger partial charge in [-0.05, 0) is 118 Å². The fourth-order valence-corrected chi connectivity index (χ4v) is 8.15. The van der Waals surface area contributed by atoms with E-state index in [1.54, 1.807) is 0 Å². The summed E-state index contributed by atoms with van der Waals surface area (Å²) in [5, 5.41) is 17.7. The van der Waals surface area contributed by atoms with Gasteiger partial charge < -0.3 is 35.8 Å². The normalized spacial score (nSPS) is 17.4. The molecule has 5 amide bonds. The molecule has 11 heteroatoms. The van der Waals surface area contributed by atoms with Crippen molar-refractivity contribution < 1.29 is 24.3 Å². The van der Waals surface area contributed by atoms with E-state index in [1.807, 2.05) is 39.0 Å². The van der Waals surface area contributed by atoms with Crippen LogP contribution in [0.15, 0.2) is 48.5 Å². The van der Waals surface area contributed by atoms with Crippen LogP contribution < -0.4 is 16.0 Å². The van der Waals surface area contributed by atoms with Crippen molar-refractivity contribution in [1.29, 1.82) is 0 Å². The van der Waals surface area contributed by atoms with E-state index >= 15 is 0 Å². The second-order valence-corrected chi connectivity index (χ2v) is 16.4. The summed E-state index contributed by atoms with van der Waals surface area (Å²) in [6.45, 7) is 10.6. The molecule has 2 aliphatic heterocycles. The van der Waals surface area contributed by atoms with Crippen LogP contribution in [0.1, 0.15) is 135 Å². The molecule has 324 valence electrons. The zero-order chi connectivity index (χ0) is 40.7. The van der Waals surface area contributed by atoms with Gasteiger partial charge in [0, 0.05) is 70.0 Å². The standard InChI is InChI=1S/C23H35N3O2.C16H25N3O.C7H12O2.CH4/c1-2-3-7-19-10-12-21(13-11-19)24-23(28)26-15-6-14-25(16-17-26)22(27)18-20-8-4-5-9-20;1-2-3-5-14-6-8-15(9-7-14)18-16(20)19-12-4-10-17-11-13-19;8-7(9)5-6-3-1-2-4-6;/h10-13,20H,2-9,14-18H2,1H3,(H,24,28);6-9,17H,2-5,10-13H2,1H3,(H,18,20);6H,1-5H2,(H,8,9);1H4. The molecule has 2 heterocycles. The molecule has 0 unspecified atom stereocenters. The lowest BCUT2D eigenvalue weighted by Gasteiger charge is -2.23. The number of carbonyl (C=O) groups excluding carboxylic acids is 3. The van der Waals surface area contributed by atoms with Crippen LogP contribution in [0.25, 0.3) is 0 Å². The van der Waals surface area contributed by atoms with Gasteiger partial charge in [0.1, 0.15) is 0 Å². The number of amides is 5. The molecule has 2 saturated heterocycles. The first-order chi connectivity index (χ1) is 27.7. The Hall–Kier alpha value is -4.12. The van der Waals surface area contributed by atoms with E-state index in [2.05, 4.69) is 54.1 Å². The van der Waals surface area contributed by atoms with E-state index in [1.165, 1.54) is 75.3 Å². The minimum Gasteiger partial charge on any atom is -0.481 e. The lowest BCUT2D eigenvalue weighted by atomic mass is 10.0. The topological polar surface area (TPSA) is 134 Å². The molecule has 4 fully saturated rings. The monoisotopic (exact) mass is 805 g/mol. The summed E-state index contributed by atoms with van der Waals surface area (Å²) in [5.41, 5.74) is 4.37. The predicted octanol–water partition coefficient (Wildman–Crippen LogP) is 9.82. The van der Waals surface area contributed by atoms with Gasteiger partial charge in [0.05, 0.1) is 0 Å². The minimum absolute atomic E-state index is 0. The number of rotatable bonds is 12. The molecule has 11 nitrogen and oxygen atoms in total. The van der Waals surface area contributed by atoms with Gasteiger partial charge >= 0.3 is 18.0 Å². The average molecular weight is 805 g/mol. The van der Waals surface area contributed by atoms with Crippen molar-refractivity contribution in [2.45, 2.75) is 137 Å². The number of nitrogens with one attached hydrogen (secondary N) is 3. The maximum atomic E-state index is 12.6. The van der Waals surface area contributed by atoms with Crippen molar-refractivity contribution in [2.75, 3.05) is 63.0 Å². The first-order valence-electron chi connectivity index (χ1n) is 22.2. The number of unbranched alkanes of at least 4 members (excludes halogenated alkanes) is 2. The molecule has 0 atom stereocenters. The van der Waals surface area contributed by atoms with Gasteiger partial charge in [-0.25, -0.2) is 9.59 Å². The van der Waals surface area contributed by atoms with Crippen molar-refractivity contribution in [2.24, 2.45) is 11.8 Å². The third-order valence-electron chi connectivity index (χ3n) is 11.7. The number of carboxylic acid groups (broad SMARTS) is 1. The Labute approximate surface area is 350 Å². The summed E-state index contributed by atoms with van der Waals surface area (Å²) < 4.78 is 0. The van der Waals surface area contributed by atoms with Crippen molar-refractivity contribution in [3.05, 3.63) is 59.7 Å². The van der Waals surface area contributed by atoms with Gasteiger partial charge in [0.2, 0.25) is 5.91 Å². The fraction of sp³-hybridized carbons (Fsp3) is 0.660. The molecule has 0 radical (unpaired) electrons. The van der Waals surface area contributed by atoms with Crippen molar-refractivity contribution >= 4 is 35.3 Å². The number of urea groups is 2. The molecule has 4 aliphatic rings. The zero-order valence-electron chi connectivity index (χ0n) is 35.1. The molecular formula is C47H76N6O5.